The third-order valence-electron chi connectivity index (χ3n) is 4.87. The van der Waals surface area contributed by atoms with Crippen molar-refractivity contribution in [2.24, 2.45) is 0 Å². The van der Waals surface area contributed by atoms with Crippen LogP contribution in [0.25, 0.3) is 11.1 Å². The zero-order valence-electron chi connectivity index (χ0n) is 15.2. The van der Waals surface area contributed by atoms with Gasteiger partial charge in [-0.1, -0.05) is 13.0 Å². The molecule has 1 aliphatic heterocycles. The monoisotopic (exact) mass is 396 g/mol. The number of aliphatic hydroxyl groups excluding tert-OH is 2. The van der Waals surface area contributed by atoms with Crippen LogP contribution in [0.5, 0.6) is 11.5 Å². The smallest absolute Gasteiger partial charge is 0.162 e. The lowest BCUT2D eigenvalue weighted by atomic mass is 9.90. The van der Waals surface area contributed by atoms with E-state index in [2.05, 4.69) is 0 Å². The molecule has 1 saturated heterocycles. The summed E-state index contributed by atoms with van der Waals surface area (Å²) in [6, 6.07) is 4.41. The minimum Gasteiger partial charge on any atom is -0.508 e. The van der Waals surface area contributed by atoms with Crippen LogP contribution in [0.1, 0.15) is 18.1 Å². The normalized spacial score (nSPS) is 20.0. The molecule has 0 saturated carbocycles. The van der Waals surface area contributed by atoms with Gasteiger partial charge >= 0.3 is 0 Å². The summed E-state index contributed by atoms with van der Waals surface area (Å²) < 4.78 is 38.3. The Morgan fingerprint density at radius 1 is 0.893 bits per heavy atom. The Morgan fingerprint density at radius 2 is 1.54 bits per heavy atom. The lowest BCUT2D eigenvalue weighted by Gasteiger charge is -2.20. The lowest BCUT2D eigenvalue weighted by Crippen LogP contribution is -2.29. The zero-order chi connectivity index (χ0) is 20.4. The molecule has 0 radical (unpaired) electrons. The van der Waals surface area contributed by atoms with Crippen molar-refractivity contribution in [3.05, 3.63) is 47.0 Å². The van der Waals surface area contributed by atoms with E-state index in [4.69, 9.17) is 9.47 Å². The van der Waals surface area contributed by atoms with Gasteiger partial charge in [0, 0.05) is 18.1 Å². The molecule has 152 valence electrons. The Labute approximate surface area is 160 Å². The molecule has 2 aromatic rings. The van der Waals surface area contributed by atoms with Crippen LogP contribution in [0.3, 0.4) is 0 Å². The first-order valence-electron chi connectivity index (χ1n) is 8.94. The van der Waals surface area contributed by atoms with Crippen LogP contribution >= 0.6 is 0 Å². The number of rotatable bonds is 6. The maximum atomic E-state index is 13.8. The Morgan fingerprint density at radius 3 is 2.07 bits per heavy atom. The van der Waals surface area contributed by atoms with Gasteiger partial charge in [-0.3, -0.25) is 0 Å². The molecule has 28 heavy (non-hydrogen) atoms. The standard InChI is InChI=1S/C20H22F2O6/c1-2-11-12(6-19-27-17(8-23)18(9-24)28-19)20(16(26)7-15(11)25)10-3-4-13(21)14(22)5-10/h3-5,7,17-19,23-26H,2,6,8-9H2,1H3/t17-,18-/m0/s1. The highest BCUT2D eigenvalue weighted by Crippen LogP contribution is 2.41. The molecular formula is C20H22F2O6. The van der Waals surface area contributed by atoms with Crippen LogP contribution in [-0.2, 0) is 22.3 Å². The molecule has 6 nitrogen and oxygen atoms in total. The number of hydrogen-bond donors (Lipinski definition) is 4. The summed E-state index contributed by atoms with van der Waals surface area (Å²) in [6.45, 7) is 1.11. The van der Waals surface area contributed by atoms with Crippen molar-refractivity contribution >= 4 is 0 Å². The van der Waals surface area contributed by atoms with E-state index >= 15 is 0 Å². The highest BCUT2D eigenvalue weighted by molar-refractivity contribution is 5.77. The number of benzene rings is 2. The minimum absolute atomic E-state index is 0.0620. The summed E-state index contributed by atoms with van der Waals surface area (Å²) in [7, 11) is 0. The van der Waals surface area contributed by atoms with Gasteiger partial charge in [-0.25, -0.2) is 8.78 Å². The third-order valence-corrected chi connectivity index (χ3v) is 4.87. The van der Waals surface area contributed by atoms with E-state index in [1.165, 1.54) is 6.07 Å². The fraction of sp³-hybridized carbons (Fsp3) is 0.400. The first-order valence-corrected chi connectivity index (χ1v) is 8.94. The summed E-state index contributed by atoms with van der Waals surface area (Å²) in [5.41, 5.74) is 1.41. The number of aliphatic hydroxyl groups is 2. The van der Waals surface area contributed by atoms with E-state index in [-0.39, 0.29) is 42.3 Å². The zero-order valence-corrected chi connectivity index (χ0v) is 15.2. The average molecular weight is 396 g/mol. The van der Waals surface area contributed by atoms with Crippen molar-refractivity contribution in [3.8, 4) is 22.6 Å². The fourth-order valence-corrected chi connectivity index (χ4v) is 3.52. The molecule has 1 aliphatic rings. The molecule has 1 fully saturated rings. The van der Waals surface area contributed by atoms with E-state index in [1.807, 2.05) is 0 Å². The Hall–Kier alpha value is -2.26. The quantitative estimate of drug-likeness (QED) is 0.598. The third kappa shape index (κ3) is 3.81. The molecule has 0 aliphatic carbocycles. The Bertz CT molecular complexity index is 845. The Kier molecular flexibility index (Phi) is 6.14. The molecule has 0 amide bonds. The maximum absolute atomic E-state index is 13.8. The molecule has 2 atom stereocenters. The fourth-order valence-electron chi connectivity index (χ4n) is 3.52. The SMILES string of the molecule is CCc1c(O)cc(O)c(-c2ccc(F)c(F)c2)c1CC1O[C@@H](CO)[C@H](CO)O1. The number of halogens is 2. The molecular weight excluding hydrogens is 374 g/mol. The number of aromatic hydroxyl groups is 2. The lowest BCUT2D eigenvalue weighted by molar-refractivity contribution is -0.0725. The van der Waals surface area contributed by atoms with E-state index < -0.39 is 30.1 Å². The highest BCUT2D eigenvalue weighted by Gasteiger charge is 2.36. The number of hydrogen-bond acceptors (Lipinski definition) is 6. The Balaban J connectivity index is 2.07. The van der Waals surface area contributed by atoms with Gasteiger partial charge < -0.3 is 29.9 Å². The van der Waals surface area contributed by atoms with E-state index in [0.29, 0.717) is 17.5 Å². The summed E-state index contributed by atoms with van der Waals surface area (Å²) in [6.07, 6.45) is -1.82. The molecule has 0 unspecified atom stereocenters. The van der Waals surface area contributed by atoms with Crippen LogP contribution in [0.15, 0.2) is 24.3 Å². The predicted molar refractivity (Wildman–Crippen MR) is 95.9 cm³/mol. The van der Waals surface area contributed by atoms with Gasteiger partial charge in [-0.2, -0.15) is 0 Å². The van der Waals surface area contributed by atoms with Crippen LogP contribution in [0.4, 0.5) is 8.78 Å². The molecule has 1 heterocycles. The highest BCUT2D eigenvalue weighted by atomic mass is 19.2. The topological polar surface area (TPSA) is 99.4 Å². The van der Waals surface area contributed by atoms with Crippen molar-refractivity contribution in [2.75, 3.05) is 13.2 Å². The molecule has 3 rings (SSSR count). The molecule has 2 aromatic carbocycles. The van der Waals surface area contributed by atoms with Gasteiger partial charge in [0.25, 0.3) is 0 Å². The van der Waals surface area contributed by atoms with Crippen LogP contribution < -0.4 is 0 Å². The summed E-state index contributed by atoms with van der Waals surface area (Å²) in [5.74, 6) is -2.52. The number of phenols is 2. The number of phenolic OH excluding ortho intramolecular Hbond substituents is 2. The van der Waals surface area contributed by atoms with Crippen molar-refractivity contribution in [1.29, 1.82) is 0 Å². The first-order chi connectivity index (χ1) is 13.4. The van der Waals surface area contributed by atoms with Gasteiger partial charge in [0.15, 0.2) is 17.9 Å². The summed E-state index contributed by atoms with van der Waals surface area (Å²) in [4.78, 5) is 0. The van der Waals surface area contributed by atoms with Crippen molar-refractivity contribution in [1.82, 2.24) is 0 Å². The predicted octanol–water partition coefficient (Wildman–Crippen LogP) is 2.24. The summed E-state index contributed by atoms with van der Waals surface area (Å²) >= 11 is 0. The van der Waals surface area contributed by atoms with Crippen molar-refractivity contribution < 1.29 is 38.7 Å². The van der Waals surface area contributed by atoms with E-state index in [0.717, 1.165) is 18.2 Å². The van der Waals surface area contributed by atoms with Gasteiger partial charge in [0.1, 0.15) is 23.7 Å². The second kappa shape index (κ2) is 8.40. The van der Waals surface area contributed by atoms with Gasteiger partial charge in [0.2, 0.25) is 0 Å². The average Bonchev–Trinajstić information content (AvgIpc) is 3.06. The first kappa shape index (κ1) is 20.5. The van der Waals surface area contributed by atoms with Gasteiger partial charge in [-0.15, -0.1) is 0 Å². The second-order valence-corrected chi connectivity index (χ2v) is 6.58. The van der Waals surface area contributed by atoms with Crippen molar-refractivity contribution in [2.45, 2.75) is 38.3 Å². The number of ether oxygens (including phenoxy) is 2. The largest absolute Gasteiger partial charge is 0.508 e. The van der Waals surface area contributed by atoms with Crippen LogP contribution in [0, 0.1) is 11.6 Å². The summed E-state index contributed by atoms with van der Waals surface area (Å²) in [5, 5.41) is 39.4. The van der Waals surface area contributed by atoms with Gasteiger partial charge in [-0.05, 0) is 35.2 Å². The van der Waals surface area contributed by atoms with Crippen LogP contribution in [-0.4, -0.2) is 52.1 Å². The molecule has 0 aromatic heterocycles. The van der Waals surface area contributed by atoms with Crippen LogP contribution in [0.2, 0.25) is 0 Å². The minimum atomic E-state index is -1.07. The van der Waals surface area contributed by atoms with E-state index in [1.54, 1.807) is 6.92 Å². The maximum Gasteiger partial charge on any atom is 0.162 e. The molecule has 4 N–H and O–H groups in total. The molecule has 0 bridgehead atoms. The molecule has 8 heteroatoms. The van der Waals surface area contributed by atoms with Gasteiger partial charge in [0.05, 0.1) is 13.2 Å². The molecule has 0 spiro atoms. The van der Waals surface area contributed by atoms with Crippen molar-refractivity contribution in [3.63, 3.8) is 0 Å². The van der Waals surface area contributed by atoms with E-state index in [9.17, 15) is 29.2 Å². The second-order valence-electron chi connectivity index (χ2n) is 6.58.